The minimum atomic E-state index is -4.03. The molecule has 0 saturated carbocycles. The van der Waals surface area contributed by atoms with E-state index in [0.717, 1.165) is 18.7 Å². The molecule has 0 bridgehead atoms. The topological polar surface area (TPSA) is 0 Å². The zero-order chi connectivity index (χ0) is 6.78. The van der Waals surface area contributed by atoms with Crippen LogP contribution in [0.3, 0.4) is 0 Å². The molecule has 0 aromatic rings. The molecule has 50 valence electrons. The first-order chi connectivity index (χ1) is 3.48. The summed E-state index contributed by atoms with van der Waals surface area (Å²) >= 11 is 0.807. The maximum Gasteiger partial charge on any atom is 0.400 e. The summed E-state index contributed by atoms with van der Waals surface area (Å²) in [5.74, 6) is 0. The van der Waals surface area contributed by atoms with Crippen LogP contribution in [0.2, 0.25) is 0 Å². The molecular formula is C4H7F3S. The predicted octanol–water partition coefficient (Wildman–Crippen LogP) is 2.30. The molecule has 0 nitrogen and oxygen atoms in total. The van der Waals surface area contributed by atoms with Gasteiger partial charge in [0, 0.05) is 0 Å². The van der Waals surface area contributed by atoms with E-state index in [1.165, 1.54) is 6.26 Å². The Balaban J connectivity index is 3.62. The largest absolute Gasteiger partial charge is 0.400 e. The molecule has 0 aromatic heterocycles. The van der Waals surface area contributed by atoms with Gasteiger partial charge < -0.3 is 0 Å². The highest BCUT2D eigenvalue weighted by molar-refractivity contribution is 7.99. The summed E-state index contributed by atoms with van der Waals surface area (Å²) in [5.41, 5.74) is 0. The molecule has 0 unspecified atom stereocenters. The number of alkyl halides is 3. The van der Waals surface area contributed by atoms with Gasteiger partial charge in [0.2, 0.25) is 0 Å². The van der Waals surface area contributed by atoms with Gasteiger partial charge in [-0.25, -0.2) is 0 Å². The monoisotopic (exact) mass is 144 g/mol. The van der Waals surface area contributed by atoms with Gasteiger partial charge >= 0.3 is 6.18 Å². The fraction of sp³-hybridized carbons (Fsp3) is 1.00. The van der Waals surface area contributed by atoms with Gasteiger partial charge in [-0.2, -0.15) is 24.9 Å². The summed E-state index contributed by atoms with van der Waals surface area (Å²) in [6.07, 6.45) is -2.59. The summed E-state index contributed by atoms with van der Waals surface area (Å²) in [5, 5.41) is -1.23. The van der Waals surface area contributed by atoms with Crippen LogP contribution in [0.5, 0.6) is 0 Å². The normalized spacial score (nSPS) is 16.1. The molecule has 0 heterocycles. The average Bonchev–Trinajstić information content (AvgIpc) is 1.62. The van der Waals surface area contributed by atoms with Gasteiger partial charge in [-0.15, -0.1) is 0 Å². The lowest BCUT2D eigenvalue weighted by molar-refractivity contribution is -0.125. The molecule has 4 heteroatoms. The van der Waals surface area contributed by atoms with Gasteiger partial charge in [-0.1, -0.05) is 0 Å². The first kappa shape index (κ1) is 8.14. The molecule has 0 N–H and O–H groups in total. The average molecular weight is 144 g/mol. The van der Waals surface area contributed by atoms with Gasteiger partial charge in [0.05, 0.1) is 5.25 Å². The number of thioether (sulfide) groups is 1. The molecule has 0 rings (SSSR count). The minimum absolute atomic E-state index is 0.807. The van der Waals surface area contributed by atoms with Crippen molar-refractivity contribution in [3.8, 4) is 0 Å². The zero-order valence-electron chi connectivity index (χ0n) is 4.62. The van der Waals surface area contributed by atoms with Crippen LogP contribution in [0.15, 0.2) is 0 Å². The Morgan fingerprint density at radius 3 is 1.75 bits per heavy atom. The van der Waals surface area contributed by atoms with Crippen LogP contribution in [-0.4, -0.2) is 17.7 Å². The van der Waals surface area contributed by atoms with Crippen LogP contribution < -0.4 is 0 Å². The minimum Gasteiger partial charge on any atom is -0.170 e. The van der Waals surface area contributed by atoms with Crippen LogP contribution in [0.1, 0.15) is 6.92 Å². The third kappa shape index (κ3) is 2.45. The molecule has 1 atom stereocenters. The SMILES string of the molecule is CS[C@@H](C)C(F)(F)F. The van der Waals surface area contributed by atoms with Crippen molar-refractivity contribution in [2.45, 2.75) is 18.3 Å². The Bertz CT molecular complexity index is 68.2. The predicted molar refractivity (Wildman–Crippen MR) is 29.0 cm³/mol. The van der Waals surface area contributed by atoms with E-state index in [1.807, 2.05) is 0 Å². The third-order valence-electron chi connectivity index (χ3n) is 0.815. The van der Waals surface area contributed by atoms with Crippen molar-refractivity contribution >= 4 is 11.8 Å². The van der Waals surface area contributed by atoms with Gasteiger partial charge in [0.25, 0.3) is 0 Å². The summed E-state index contributed by atoms with van der Waals surface area (Å²) in [6.45, 7) is 1.14. The number of halogens is 3. The van der Waals surface area contributed by atoms with Crippen molar-refractivity contribution in [3.05, 3.63) is 0 Å². The highest BCUT2D eigenvalue weighted by Gasteiger charge is 2.34. The second-order valence-corrected chi connectivity index (χ2v) is 2.60. The van der Waals surface area contributed by atoms with Crippen LogP contribution in [0.25, 0.3) is 0 Å². The maximum absolute atomic E-state index is 11.4. The van der Waals surface area contributed by atoms with E-state index < -0.39 is 11.4 Å². The number of rotatable bonds is 1. The standard InChI is InChI=1S/C4H7F3S/c1-3(8-2)4(5,6)7/h3H,1-2H3/t3-/m0/s1. The van der Waals surface area contributed by atoms with E-state index in [2.05, 4.69) is 0 Å². The van der Waals surface area contributed by atoms with E-state index in [1.54, 1.807) is 0 Å². The summed E-state index contributed by atoms with van der Waals surface area (Å²) < 4.78 is 34.3. The molecule has 0 aliphatic rings. The molecule has 0 amide bonds. The second kappa shape index (κ2) is 2.62. The molecule has 0 fully saturated rings. The molecule has 0 aliphatic heterocycles. The van der Waals surface area contributed by atoms with Crippen LogP contribution >= 0.6 is 11.8 Å². The lowest BCUT2D eigenvalue weighted by Gasteiger charge is -2.11. The van der Waals surface area contributed by atoms with Crippen LogP contribution in [-0.2, 0) is 0 Å². The molecular weight excluding hydrogens is 137 g/mol. The molecule has 0 aromatic carbocycles. The molecule has 0 spiro atoms. The van der Waals surface area contributed by atoms with E-state index in [0.29, 0.717) is 0 Å². The fourth-order valence-electron chi connectivity index (χ4n) is 0.134. The van der Waals surface area contributed by atoms with Crippen molar-refractivity contribution in [1.82, 2.24) is 0 Å². The van der Waals surface area contributed by atoms with Crippen molar-refractivity contribution in [3.63, 3.8) is 0 Å². The summed E-state index contributed by atoms with van der Waals surface area (Å²) in [6, 6.07) is 0. The second-order valence-electron chi connectivity index (χ2n) is 1.42. The molecule has 8 heavy (non-hydrogen) atoms. The Morgan fingerprint density at radius 2 is 1.75 bits per heavy atom. The van der Waals surface area contributed by atoms with Gasteiger partial charge in [0.1, 0.15) is 0 Å². The van der Waals surface area contributed by atoms with E-state index in [9.17, 15) is 13.2 Å². The first-order valence-electron chi connectivity index (χ1n) is 2.08. The lowest BCUT2D eigenvalue weighted by atomic mass is 10.5. The number of hydrogen-bond donors (Lipinski definition) is 0. The van der Waals surface area contributed by atoms with Gasteiger partial charge in [-0.3, -0.25) is 0 Å². The highest BCUT2D eigenvalue weighted by atomic mass is 32.2. The van der Waals surface area contributed by atoms with Crippen LogP contribution in [0.4, 0.5) is 13.2 Å². The first-order valence-corrected chi connectivity index (χ1v) is 3.36. The zero-order valence-corrected chi connectivity index (χ0v) is 5.44. The Labute approximate surface area is 50.5 Å². The highest BCUT2D eigenvalue weighted by Crippen LogP contribution is 2.27. The van der Waals surface area contributed by atoms with Crippen molar-refractivity contribution in [2.24, 2.45) is 0 Å². The van der Waals surface area contributed by atoms with E-state index >= 15 is 0 Å². The quantitative estimate of drug-likeness (QED) is 0.544. The Morgan fingerprint density at radius 1 is 1.38 bits per heavy atom. The number of hydrogen-bond acceptors (Lipinski definition) is 1. The third-order valence-corrected chi connectivity index (χ3v) is 1.79. The Kier molecular flexibility index (Phi) is 2.66. The van der Waals surface area contributed by atoms with Crippen molar-refractivity contribution < 1.29 is 13.2 Å². The fourth-order valence-corrected chi connectivity index (χ4v) is 0.401. The van der Waals surface area contributed by atoms with Crippen molar-refractivity contribution in [2.75, 3.05) is 6.26 Å². The van der Waals surface area contributed by atoms with Crippen molar-refractivity contribution in [1.29, 1.82) is 0 Å². The van der Waals surface area contributed by atoms with Gasteiger partial charge in [-0.05, 0) is 13.2 Å². The maximum atomic E-state index is 11.4. The van der Waals surface area contributed by atoms with Gasteiger partial charge in [0.15, 0.2) is 0 Å². The summed E-state index contributed by atoms with van der Waals surface area (Å²) in [4.78, 5) is 0. The molecule has 0 saturated heterocycles. The molecule has 0 aliphatic carbocycles. The van der Waals surface area contributed by atoms with E-state index in [4.69, 9.17) is 0 Å². The van der Waals surface area contributed by atoms with E-state index in [-0.39, 0.29) is 0 Å². The summed E-state index contributed by atoms with van der Waals surface area (Å²) in [7, 11) is 0. The smallest absolute Gasteiger partial charge is 0.170 e. The lowest BCUT2D eigenvalue weighted by Crippen LogP contribution is -2.21. The Hall–Kier alpha value is 0.140. The van der Waals surface area contributed by atoms with Crippen LogP contribution in [0, 0.1) is 0 Å². The molecule has 0 radical (unpaired) electrons.